The molecule has 0 saturated carbocycles. The number of hydrogen-bond acceptors (Lipinski definition) is 3. The topological polar surface area (TPSA) is 46.5 Å². The van der Waals surface area contributed by atoms with Gasteiger partial charge in [0.05, 0.1) is 12.7 Å². The molecule has 1 atom stereocenters. The van der Waals surface area contributed by atoms with Crippen LogP contribution in [0.15, 0.2) is 12.2 Å². The molecular formula is C6H11O3P. The molecule has 0 aromatic rings. The van der Waals surface area contributed by atoms with Crippen LogP contribution in [0.5, 0.6) is 0 Å². The highest BCUT2D eigenvalue weighted by atomic mass is 31.1. The Labute approximate surface area is 62.0 Å². The van der Waals surface area contributed by atoms with E-state index in [9.17, 15) is 4.57 Å². The summed E-state index contributed by atoms with van der Waals surface area (Å²) >= 11 is 0. The van der Waals surface area contributed by atoms with Crippen molar-refractivity contribution in [1.82, 2.24) is 0 Å². The molecule has 0 radical (unpaired) electrons. The molecule has 0 aromatic heterocycles. The molecule has 0 amide bonds. The zero-order valence-electron chi connectivity index (χ0n) is 5.86. The fourth-order valence-electron chi connectivity index (χ4n) is 0.451. The number of rotatable bonds is 5. The van der Waals surface area contributed by atoms with Crippen LogP contribution in [-0.2, 0) is 9.09 Å². The summed E-state index contributed by atoms with van der Waals surface area (Å²) in [5.74, 6) is 0. The van der Waals surface area contributed by atoms with E-state index in [1.54, 1.807) is 19.1 Å². The maximum absolute atomic E-state index is 9.70. The highest BCUT2D eigenvalue weighted by Crippen LogP contribution is 1.96. The van der Waals surface area contributed by atoms with Crippen LogP contribution < -0.4 is 0 Å². The molecule has 0 aliphatic carbocycles. The second kappa shape index (κ2) is 6.87. The second-order valence-corrected chi connectivity index (χ2v) is 2.27. The molecular weight excluding hydrogens is 151 g/mol. The first-order chi connectivity index (χ1) is 4.77. The Bertz CT molecular complexity index is 112. The first-order valence-corrected chi connectivity index (χ1v) is 3.79. The van der Waals surface area contributed by atoms with Gasteiger partial charge in [0, 0.05) is 0 Å². The zero-order chi connectivity index (χ0) is 7.82. The van der Waals surface area contributed by atoms with Gasteiger partial charge in [-0.05, 0) is 13.3 Å². The van der Waals surface area contributed by atoms with Crippen LogP contribution in [0.3, 0.4) is 0 Å². The van der Waals surface area contributed by atoms with Crippen molar-refractivity contribution < 1.29 is 14.2 Å². The Hall–Kier alpha value is -0.240. The summed E-state index contributed by atoms with van der Waals surface area (Å²) in [6.07, 6.45) is 3.71. The van der Waals surface area contributed by atoms with E-state index in [1.165, 1.54) is 0 Å². The molecule has 0 aliphatic heterocycles. The van der Waals surface area contributed by atoms with Crippen LogP contribution in [0.4, 0.5) is 0 Å². The molecule has 3 nitrogen and oxygen atoms in total. The van der Waals surface area contributed by atoms with Gasteiger partial charge in [-0.3, -0.25) is 4.52 Å². The average molecular weight is 162 g/mol. The van der Waals surface area contributed by atoms with E-state index in [1.807, 2.05) is 0 Å². The Morgan fingerprint density at radius 1 is 1.80 bits per heavy atom. The number of hydrogen-bond donors (Lipinski definition) is 1. The maximum atomic E-state index is 9.70. The van der Waals surface area contributed by atoms with Gasteiger partial charge in [0.1, 0.15) is 0 Å². The van der Waals surface area contributed by atoms with E-state index in [-0.39, 0.29) is 8.69 Å². The summed E-state index contributed by atoms with van der Waals surface area (Å²) in [6.45, 7) is 2.09. The van der Waals surface area contributed by atoms with Crippen LogP contribution in [0, 0.1) is 0 Å². The molecule has 0 rings (SSSR count). The summed E-state index contributed by atoms with van der Waals surface area (Å²) in [5, 5.41) is 8.72. The van der Waals surface area contributed by atoms with Crippen LogP contribution in [0.25, 0.3) is 0 Å². The second-order valence-electron chi connectivity index (χ2n) is 1.87. The maximum Gasteiger partial charge on any atom is 0.327 e. The standard InChI is InChI=1S/C6H11O3P/c1-6(7)4-2-3-5-9-10-8/h2,4,6-7H,3,5H2,1H3. The van der Waals surface area contributed by atoms with Gasteiger partial charge >= 0.3 is 8.69 Å². The molecule has 1 unspecified atom stereocenters. The minimum absolute atomic E-state index is 0.284. The molecule has 4 heteroatoms. The summed E-state index contributed by atoms with van der Waals surface area (Å²) in [7, 11) is -0.284. The predicted molar refractivity (Wildman–Crippen MR) is 39.0 cm³/mol. The lowest BCUT2D eigenvalue weighted by molar-refractivity contribution is 0.243. The van der Waals surface area contributed by atoms with Gasteiger partial charge in [0.25, 0.3) is 0 Å². The van der Waals surface area contributed by atoms with Crippen molar-refractivity contribution in [2.24, 2.45) is 0 Å². The monoisotopic (exact) mass is 162 g/mol. The van der Waals surface area contributed by atoms with Crippen molar-refractivity contribution in [3.05, 3.63) is 12.2 Å². The van der Waals surface area contributed by atoms with Crippen molar-refractivity contribution in [2.75, 3.05) is 6.61 Å². The third-order valence-electron chi connectivity index (χ3n) is 0.843. The smallest absolute Gasteiger partial charge is 0.327 e. The van der Waals surface area contributed by atoms with Crippen molar-refractivity contribution in [3.63, 3.8) is 0 Å². The molecule has 0 spiro atoms. The molecule has 0 aliphatic rings. The highest BCUT2D eigenvalue weighted by molar-refractivity contribution is 7.17. The normalized spacial score (nSPS) is 14.6. The van der Waals surface area contributed by atoms with Crippen LogP contribution in [0.2, 0.25) is 0 Å². The largest absolute Gasteiger partial charge is 0.389 e. The number of aliphatic hydroxyl groups is 1. The van der Waals surface area contributed by atoms with Crippen LogP contribution in [-0.4, -0.2) is 17.8 Å². The van der Waals surface area contributed by atoms with Gasteiger partial charge in [0.2, 0.25) is 0 Å². The summed E-state index contributed by atoms with van der Waals surface area (Å²) in [4.78, 5) is 0. The third-order valence-corrected chi connectivity index (χ3v) is 1.13. The van der Waals surface area contributed by atoms with Crippen molar-refractivity contribution in [1.29, 1.82) is 0 Å². The molecule has 1 N–H and O–H groups in total. The third kappa shape index (κ3) is 7.76. The summed E-state index contributed by atoms with van der Waals surface area (Å²) < 4.78 is 14.2. The SMILES string of the molecule is CC(O)C=CCCOP=O. The molecule has 10 heavy (non-hydrogen) atoms. The molecule has 0 aromatic carbocycles. The lowest BCUT2D eigenvalue weighted by Crippen LogP contribution is -1.92. The Morgan fingerprint density at radius 2 is 2.50 bits per heavy atom. The zero-order valence-corrected chi connectivity index (χ0v) is 6.75. The van der Waals surface area contributed by atoms with Gasteiger partial charge in [0.15, 0.2) is 0 Å². The van der Waals surface area contributed by atoms with E-state index in [4.69, 9.17) is 5.11 Å². The van der Waals surface area contributed by atoms with E-state index >= 15 is 0 Å². The molecule has 0 bridgehead atoms. The van der Waals surface area contributed by atoms with Crippen LogP contribution in [0.1, 0.15) is 13.3 Å². The lowest BCUT2D eigenvalue weighted by atomic mass is 10.3. The Kier molecular flexibility index (Phi) is 6.71. The van der Waals surface area contributed by atoms with Crippen molar-refractivity contribution in [3.8, 4) is 0 Å². The quantitative estimate of drug-likeness (QED) is 0.379. The Morgan fingerprint density at radius 3 is 3.00 bits per heavy atom. The Balaban J connectivity index is 3.10. The predicted octanol–water partition coefficient (Wildman–Crippen LogP) is 1.54. The van der Waals surface area contributed by atoms with Crippen molar-refractivity contribution in [2.45, 2.75) is 19.4 Å². The first kappa shape index (κ1) is 9.76. The lowest BCUT2D eigenvalue weighted by Gasteiger charge is -1.92. The van der Waals surface area contributed by atoms with Gasteiger partial charge in [-0.1, -0.05) is 12.2 Å². The first-order valence-electron chi connectivity index (χ1n) is 3.06. The van der Waals surface area contributed by atoms with Crippen molar-refractivity contribution >= 4 is 8.69 Å². The molecule has 0 saturated heterocycles. The highest BCUT2D eigenvalue weighted by Gasteiger charge is 1.85. The van der Waals surface area contributed by atoms with Crippen LogP contribution >= 0.6 is 8.69 Å². The van der Waals surface area contributed by atoms with E-state index in [0.717, 1.165) is 0 Å². The molecule has 0 fully saturated rings. The van der Waals surface area contributed by atoms with Gasteiger partial charge in [-0.2, -0.15) is 0 Å². The number of aliphatic hydroxyl groups excluding tert-OH is 1. The summed E-state index contributed by atoms with van der Waals surface area (Å²) in [5.41, 5.74) is 0. The fourth-order valence-corrected chi connectivity index (χ4v) is 0.631. The summed E-state index contributed by atoms with van der Waals surface area (Å²) in [6, 6.07) is 0. The minimum Gasteiger partial charge on any atom is -0.389 e. The van der Waals surface area contributed by atoms with E-state index in [2.05, 4.69) is 4.52 Å². The molecule has 0 heterocycles. The fraction of sp³-hybridized carbons (Fsp3) is 0.667. The van der Waals surface area contributed by atoms with Gasteiger partial charge < -0.3 is 5.11 Å². The van der Waals surface area contributed by atoms with Gasteiger partial charge in [-0.15, -0.1) is 0 Å². The molecule has 58 valence electrons. The average Bonchev–Trinajstić information content (AvgIpc) is 1.87. The van der Waals surface area contributed by atoms with E-state index < -0.39 is 6.10 Å². The van der Waals surface area contributed by atoms with Gasteiger partial charge in [-0.25, -0.2) is 4.57 Å². The minimum atomic E-state index is -0.412. The van der Waals surface area contributed by atoms with E-state index in [0.29, 0.717) is 13.0 Å².